The molecule has 0 saturated heterocycles. The molecule has 92 valence electrons. The van der Waals surface area contributed by atoms with Gasteiger partial charge in [-0.25, -0.2) is 14.8 Å². The van der Waals surface area contributed by atoms with Gasteiger partial charge in [-0.1, -0.05) is 0 Å². The van der Waals surface area contributed by atoms with Crippen molar-refractivity contribution in [3.05, 3.63) is 18.1 Å². The maximum Gasteiger partial charge on any atom is 0.356 e. The molecule has 1 saturated carbocycles. The van der Waals surface area contributed by atoms with Crippen LogP contribution in [0.1, 0.15) is 23.3 Å². The maximum atomic E-state index is 10.5. The van der Waals surface area contributed by atoms with Crippen LogP contribution in [0.2, 0.25) is 0 Å². The first-order valence-electron chi connectivity index (χ1n) is 5.62. The number of hydrogen-bond acceptors (Lipinski definition) is 5. The van der Waals surface area contributed by atoms with E-state index in [1.54, 1.807) is 0 Å². The Bertz CT molecular complexity index is 376. The van der Waals surface area contributed by atoms with E-state index in [0.29, 0.717) is 19.0 Å². The Morgan fingerprint density at radius 3 is 2.88 bits per heavy atom. The van der Waals surface area contributed by atoms with E-state index in [4.69, 9.17) is 9.84 Å². The number of carbonyl (C=O) groups is 1. The quantitative estimate of drug-likeness (QED) is 0.688. The van der Waals surface area contributed by atoms with Crippen LogP contribution < -0.4 is 5.32 Å². The summed E-state index contributed by atoms with van der Waals surface area (Å²) in [6, 6.07) is 0. The van der Waals surface area contributed by atoms with Crippen LogP contribution in [0.4, 0.5) is 5.82 Å². The third-order valence-electron chi connectivity index (χ3n) is 2.47. The highest BCUT2D eigenvalue weighted by Gasteiger charge is 2.20. The molecule has 0 amide bonds. The molecule has 1 aliphatic carbocycles. The van der Waals surface area contributed by atoms with E-state index in [1.807, 2.05) is 0 Å². The Labute approximate surface area is 99.0 Å². The first-order chi connectivity index (χ1) is 8.25. The molecule has 6 heteroatoms. The predicted molar refractivity (Wildman–Crippen MR) is 61.0 cm³/mol. The van der Waals surface area contributed by atoms with E-state index in [9.17, 15) is 4.79 Å². The van der Waals surface area contributed by atoms with Gasteiger partial charge in [0.2, 0.25) is 0 Å². The van der Waals surface area contributed by atoms with Crippen molar-refractivity contribution in [3.63, 3.8) is 0 Å². The van der Waals surface area contributed by atoms with Gasteiger partial charge in [0.1, 0.15) is 5.82 Å². The molecule has 0 spiro atoms. The summed E-state index contributed by atoms with van der Waals surface area (Å²) in [7, 11) is 0. The summed E-state index contributed by atoms with van der Waals surface area (Å²) in [6.45, 7) is 2.11. The Hall–Kier alpha value is -1.69. The van der Waals surface area contributed by atoms with Gasteiger partial charge in [-0.2, -0.15) is 0 Å². The van der Waals surface area contributed by atoms with Gasteiger partial charge in [0.15, 0.2) is 5.69 Å². The molecule has 2 N–H and O–H groups in total. The number of aromatic nitrogens is 2. The number of ether oxygens (including phenoxy) is 1. The molecular weight excluding hydrogens is 222 g/mol. The average molecular weight is 237 g/mol. The van der Waals surface area contributed by atoms with Gasteiger partial charge in [-0.3, -0.25) is 0 Å². The highest BCUT2D eigenvalue weighted by atomic mass is 16.5. The summed E-state index contributed by atoms with van der Waals surface area (Å²) < 4.78 is 5.44. The monoisotopic (exact) mass is 237 g/mol. The highest BCUT2D eigenvalue weighted by molar-refractivity contribution is 5.84. The third kappa shape index (κ3) is 3.99. The van der Waals surface area contributed by atoms with Gasteiger partial charge >= 0.3 is 5.97 Å². The molecule has 2 rings (SSSR count). The standard InChI is InChI=1S/C11H15N3O3/c15-11(16)9-5-14-10(6-13-9)12-3-4-17-7-8-1-2-8/h5-6,8H,1-4,7H2,(H,12,14)(H,15,16). The normalized spacial score (nSPS) is 14.6. The number of nitrogens with one attached hydrogen (secondary N) is 1. The van der Waals surface area contributed by atoms with Crippen molar-refractivity contribution in [2.45, 2.75) is 12.8 Å². The smallest absolute Gasteiger partial charge is 0.356 e. The number of carboxylic acid groups (broad SMARTS) is 1. The van der Waals surface area contributed by atoms with E-state index in [-0.39, 0.29) is 5.69 Å². The molecule has 0 aliphatic heterocycles. The Morgan fingerprint density at radius 2 is 2.29 bits per heavy atom. The van der Waals surface area contributed by atoms with Gasteiger partial charge in [-0.15, -0.1) is 0 Å². The van der Waals surface area contributed by atoms with Crippen LogP contribution in [-0.2, 0) is 4.74 Å². The van der Waals surface area contributed by atoms with Crippen molar-refractivity contribution in [1.82, 2.24) is 9.97 Å². The lowest BCUT2D eigenvalue weighted by Crippen LogP contribution is -2.12. The SMILES string of the molecule is O=C(O)c1cnc(NCCOCC2CC2)cn1. The summed E-state index contributed by atoms with van der Waals surface area (Å²) in [5.74, 6) is 0.256. The van der Waals surface area contributed by atoms with Crippen LogP contribution in [0, 0.1) is 5.92 Å². The van der Waals surface area contributed by atoms with Crippen molar-refractivity contribution in [3.8, 4) is 0 Å². The molecule has 0 atom stereocenters. The maximum absolute atomic E-state index is 10.5. The lowest BCUT2D eigenvalue weighted by Gasteiger charge is -2.05. The minimum Gasteiger partial charge on any atom is -0.476 e. The molecule has 17 heavy (non-hydrogen) atoms. The molecule has 1 heterocycles. The van der Waals surface area contributed by atoms with Crippen LogP contribution in [0.15, 0.2) is 12.4 Å². The van der Waals surface area contributed by atoms with Gasteiger partial charge in [0.05, 0.1) is 19.0 Å². The minimum atomic E-state index is -1.07. The van der Waals surface area contributed by atoms with E-state index in [1.165, 1.54) is 25.2 Å². The number of aromatic carboxylic acids is 1. The fourth-order valence-corrected chi connectivity index (χ4v) is 1.32. The highest BCUT2D eigenvalue weighted by Crippen LogP contribution is 2.28. The zero-order valence-electron chi connectivity index (χ0n) is 9.43. The molecule has 1 fully saturated rings. The van der Waals surface area contributed by atoms with Gasteiger partial charge in [0, 0.05) is 13.2 Å². The summed E-state index contributed by atoms with van der Waals surface area (Å²) in [5, 5.41) is 11.7. The lowest BCUT2D eigenvalue weighted by atomic mass is 10.4. The van der Waals surface area contributed by atoms with Gasteiger partial charge < -0.3 is 15.2 Å². The van der Waals surface area contributed by atoms with E-state index >= 15 is 0 Å². The second-order valence-electron chi connectivity index (χ2n) is 4.04. The van der Waals surface area contributed by atoms with E-state index in [0.717, 1.165) is 12.5 Å². The number of hydrogen-bond donors (Lipinski definition) is 2. The second kappa shape index (κ2) is 5.58. The van der Waals surface area contributed by atoms with Crippen LogP contribution in [0.5, 0.6) is 0 Å². The van der Waals surface area contributed by atoms with Crippen LogP contribution in [0.25, 0.3) is 0 Å². The molecule has 1 aromatic heterocycles. The zero-order chi connectivity index (χ0) is 12.1. The Kier molecular flexibility index (Phi) is 3.87. The minimum absolute atomic E-state index is 0.0551. The molecule has 0 radical (unpaired) electrons. The molecule has 1 aliphatic rings. The molecule has 0 bridgehead atoms. The number of rotatable bonds is 7. The second-order valence-corrected chi connectivity index (χ2v) is 4.04. The van der Waals surface area contributed by atoms with Crippen molar-refractivity contribution in [1.29, 1.82) is 0 Å². The zero-order valence-corrected chi connectivity index (χ0v) is 9.43. The fraction of sp³-hybridized carbons (Fsp3) is 0.545. The fourth-order valence-electron chi connectivity index (χ4n) is 1.32. The lowest BCUT2D eigenvalue weighted by molar-refractivity contribution is 0.0690. The van der Waals surface area contributed by atoms with Crippen molar-refractivity contribution in [2.75, 3.05) is 25.1 Å². The Morgan fingerprint density at radius 1 is 1.47 bits per heavy atom. The summed E-state index contributed by atoms with van der Waals surface area (Å²) >= 11 is 0. The van der Waals surface area contributed by atoms with Crippen LogP contribution >= 0.6 is 0 Å². The van der Waals surface area contributed by atoms with Crippen molar-refractivity contribution < 1.29 is 14.6 Å². The summed E-state index contributed by atoms with van der Waals surface area (Å²) in [4.78, 5) is 18.2. The molecule has 0 unspecified atom stereocenters. The molecule has 0 aromatic carbocycles. The van der Waals surface area contributed by atoms with Crippen LogP contribution in [0.3, 0.4) is 0 Å². The van der Waals surface area contributed by atoms with E-state index < -0.39 is 5.97 Å². The summed E-state index contributed by atoms with van der Waals surface area (Å²) in [6.07, 6.45) is 5.21. The van der Waals surface area contributed by atoms with Gasteiger partial charge in [-0.05, 0) is 18.8 Å². The number of nitrogens with zero attached hydrogens (tertiary/aromatic N) is 2. The van der Waals surface area contributed by atoms with E-state index in [2.05, 4.69) is 15.3 Å². The topological polar surface area (TPSA) is 84.3 Å². The number of anilines is 1. The van der Waals surface area contributed by atoms with Crippen molar-refractivity contribution >= 4 is 11.8 Å². The Balaban J connectivity index is 1.65. The molecule has 6 nitrogen and oxygen atoms in total. The first kappa shape index (κ1) is 11.8. The third-order valence-corrected chi connectivity index (χ3v) is 2.47. The first-order valence-corrected chi connectivity index (χ1v) is 5.62. The van der Waals surface area contributed by atoms with Crippen LogP contribution in [-0.4, -0.2) is 40.8 Å². The van der Waals surface area contributed by atoms with Gasteiger partial charge in [0.25, 0.3) is 0 Å². The predicted octanol–water partition coefficient (Wildman–Crippen LogP) is 1.01. The average Bonchev–Trinajstić information content (AvgIpc) is 3.13. The molecular formula is C11H15N3O3. The largest absolute Gasteiger partial charge is 0.476 e. The number of carboxylic acids is 1. The summed E-state index contributed by atoms with van der Waals surface area (Å²) in [5.41, 5.74) is -0.0551. The van der Waals surface area contributed by atoms with Crippen molar-refractivity contribution in [2.24, 2.45) is 5.92 Å². The molecule has 1 aromatic rings.